The summed E-state index contributed by atoms with van der Waals surface area (Å²) in [6.07, 6.45) is 7.28. The Balaban J connectivity index is 1.41. The standard InChI is InChI=1S/C27H35FN4O3/c1-16(25(34)31-14-18-4-6-19(28)7-5-18)20-8-10-27(3)11-9-21(17(2)23(27)24(20)33)32-26(35)22-15-29-12-13-30-22/h4-7,12-13,15-17,20-21,23-24,33H,8-11,14H2,1-3H3,(H,31,34)(H,32,35)/t16-,17+,20?,21-,23+,24-,27-/m0/s1. The maximum atomic E-state index is 13.1. The monoisotopic (exact) mass is 482 g/mol. The third-order valence-corrected chi connectivity index (χ3v) is 8.44. The van der Waals surface area contributed by atoms with Gasteiger partial charge in [-0.25, -0.2) is 9.37 Å². The first-order valence-electron chi connectivity index (χ1n) is 12.5. The molecule has 2 aliphatic carbocycles. The highest BCUT2D eigenvalue weighted by atomic mass is 19.1. The van der Waals surface area contributed by atoms with Crippen LogP contribution in [0.1, 0.15) is 62.5 Å². The molecule has 1 heterocycles. The number of hydrogen-bond acceptors (Lipinski definition) is 5. The Bertz CT molecular complexity index is 1030. The predicted octanol–water partition coefficient (Wildman–Crippen LogP) is 3.49. The number of aromatic nitrogens is 2. The maximum Gasteiger partial charge on any atom is 0.271 e. The first-order chi connectivity index (χ1) is 16.7. The topological polar surface area (TPSA) is 104 Å². The van der Waals surface area contributed by atoms with E-state index in [-0.39, 0.29) is 58.5 Å². The zero-order valence-electron chi connectivity index (χ0n) is 20.6. The van der Waals surface area contributed by atoms with Crippen LogP contribution in [0.3, 0.4) is 0 Å². The van der Waals surface area contributed by atoms with Gasteiger partial charge in [0, 0.05) is 30.9 Å². The van der Waals surface area contributed by atoms with Crippen LogP contribution in [-0.2, 0) is 11.3 Å². The molecule has 188 valence electrons. The van der Waals surface area contributed by atoms with Crippen molar-refractivity contribution >= 4 is 11.8 Å². The summed E-state index contributed by atoms with van der Waals surface area (Å²) < 4.78 is 13.1. The van der Waals surface area contributed by atoms with Crippen molar-refractivity contribution in [1.82, 2.24) is 20.6 Å². The van der Waals surface area contributed by atoms with Crippen molar-refractivity contribution in [2.75, 3.05) is 0 Å². The number of aliphatic hydroxyl groups is 1. The first-order valence-corrected chi connectivity index (χ1v) is 12.5. The Labute approximate surface area is 206 Å². The number of carbonyl (C=O) groups excluding carboxylic acids is 2. The van der Waals surface area contributed by atoms with Gasteiger partial charge in [0.2, 0.25) is 5.91 Å². The largest absolute Gasteiger partial charge is 0.392 e. The molecule has 35 heavy (non-hydrogen) atoms. The van der Waals surface area contributed by atoms with Crippen LogP contribution in [0.15, 0.2) is 42.9 Å². The van der Waals surface area contributed by atoms with Crippen LogP contribution in [-0.4, -0.2) is 39.0 Å². The lowest BCUT2D eigenvalue weighted by Gasteiger charge is -2.56. The van der Waals surface area contributed by atoms with Gasteiger partial charge in [-0.15, -0.1) is 0 Å². The molecule has 4 rings (SSSR count). The highest BCUT2D eigenvalue weighted by molar-refractivity contribution is 5.92. The third-order valence-electron chi connectivity index (χ3n) is 8.44. The number of amides is 2. The van der Waals surface area contributed by atoms with Crippen LogP contribution in [0.25, 0.3) is 0 Å². The molecule has 2 aliphatic rings. The lowest BCUT2D eigenvalue weighted by Crippen LogP contribution is -2.58. The van der Waals surface area contributed by atoms with Gasteiger partial charge in [0.05, 0.1) is 12.3 Å². The quantitative estimate of drug-likeness (QED) is 0.585. The number of fused-ring (bicyclic) bond motifs is 1. The molecule has 1 aromatic heterocycles. The summed E-state index contributed by atoms with van der Waals surface area (Å²) in [6.45, 7) is 6.51. The van der Waals surface area contributed by atoms with Crippen molar-refractivity contribution in [2.45, 2.75) is 65.1 Å². The van der Waals surface area contributed by atoms with Gasteiger partial charge in [-0.05, 0) is 66.5 Å². The van der Waals surface area contributed by atoms with Gasteiger partial charge >= 0.3 is 0 Å². The summed E-state index contributed by atoms with van der Waals surface area (Å²) in [4.78, 5) is 33.7. The fourth-order valence-corrected chi connectivity index (χ4v) is 6.30. The minimum absolute atomic E-state index is 0.0329. The Morgan fingerprint density at radius 2 is 1.91 bits per heavy atom. The van der Waals surface area contributed by atoms with Crippen LogP contribution < -0.4 is 10.6 Å². The van der Waals surface area contributed by atoms with Crippen LogP contribution in [0.2, 0.25) is 0 Å². The fraction of sp³-hybridized carbons (Fsp3) is 0.556. The number of aliphatic hydroxyl groups excluding tert-OH is 1. The van der Waals surface area contributed by atoms with Crippen molar-refractivity contribution < 1.29 is 19.1 Å². The molecule has 0 bridgehead atoms. The highest BCUT2D eigenvalue weighted by Crippen LogP contribution is 2.55. The van der Waals surface area contributed by atoms with Crippen molar-refractivity contribution in [2.24, 2.45) is 29.1 Å². The number of rotatable bonds is 6. The zero-order valence-corrected chi connectivity index (χ0v) is 20.6. The zero-order chi connectivity index (χ0) is 25.2. The van der Waals surface area contributed by atoms with Crippen LogP contribution >= 0.6 is 0 Å². The lowest BCUT2D eigenvalue weighted by molar-refractivity contribution is -0.142. The number of halogens is 1. The van der Waals surface area contributed by atoms with Gasteiger partial charge < -0.3 is 15.7 Å². The van der Waals surface area contributed by atoms with Gasteiger partial charge in [0.25, 0.3) is 5.91 Å². The summed E-state index contributed by atoms with van der Waals surface area (Å²) in [5, 5.41) is 17.6. The smallest absolute Gasteiger partial charge is 0.271 e. The molecular weight excluding hydrogens is 447 g/mol. The second-order valence-electron chi connectivity index (χ2n) is 10.6. The maximum absolute atomic E-state index is 13.1. The van der Waals surface area contributed by atoms with E-state index >= 15 is 0 Å². The Morgan fingerprint density at radius 1 is 1.20 bits per heavy atom. The lowest BCUT2D eigenvalue weighted by atomic mass is 9.51. The van der Waals surface area contributed by atoms with Crippen molar-refractivity contribution in [1.29, 1.82) is 0 Å². The van der Waals surface area contributed by atoms with Gasteiger partial charge in [0.15, 0.2) is 0 Å². The molecule has 1 aromatic carbocycles. The van der Waals surface area contributed by atoms with Crippen LogP contribution in [0, 0.1) is 34.9 Å². The Morgan fingerprint density at radius 3 is 2.60 bits per heavy atom. The molecule has 2 saturated carbocycles. The molecule has 0 radical (unpaired) electrons. The second kappa shape index (κ2) is 10.4. The molecule has 2 amide bonds. The normalized spacial score (nSPS) is 31.2. The SMILES string of the molecule is C[C@H]1[C@@H]2[C@@H](O)C([C@H](C)C(=O)NCc3ccc(F)cc3)CC[C@@]2(C)CC[C@@H]1NC(=O)c1cnccn1. The summed E-state index contributed by atoms with van der Waals surface area (Å²) in [6, 6.07) is 5.97. The molecule has 0 aliphatic heterocycles. The van der Waals surface area contributed by atoms with E-state index in [1.165, 1.54) is 30.7 Å². The third kappa shape index (κ3) is 5.37. The van der Waals surface area contributed by atoms with Gasteiger partial charge in [-0.3, -0.25) is 14.6 Å². The average Bonchev–Trinajstić information content (AvgIpc) is 2.85. The molecule has 1 unspecified atom stereocenters. The molecule has 2 fully saturated rings. The van der Waals surface area contributed by atoms with Crippen molar-refractivity contribution in [3.05, 3.63) is 59.9 Å². The number of benzene rings is 1. The number of nitrogens with zero attached hydrogens (tertiary/aromatic N) is 2. The van der Waals surface area contributed by atoms with E-state index in [9.17, 15) is 19.1 Å². The average molecular weight is 483 g/mol. The van der Waals surface area contributed by atoms with E-state index in [1.54, 1.807) is 12.1 Å². The van der Waals surface area contributed by atoms with E-state index in [1.807, 2.05) is 6.92 Å². The second-order valence-corrected chi connectivity index (χ2v) is 10.6. The summed E-state index contributed by atoms with van der Waals surface area (Å²) in [5.41, 5.74) is 1.07. The molecule has 7 nitrogen and oxygen atoms in total. The van der Waals surface area contributed by atoms with Gasteiger partial charge in [0.1, 0.15) is 11.5 Å². The van der Waals surface area contributed by atoms with Crippen LogP contribution in [0.5, 0.6) is 0 Å². The number of carbonyl (C=O) groups is 2. The minimum atomic E-state index is -0.647. The first kappa shape index (κ1) is 25.2. The van der Waals surface area contributed by atoms with Gasteiger partial charge in [-0.1, -0.05) is 32.9 Å². The van der Waals surface area contributed by atoms with Gasteiger partial charge in [-0.2, -0.15) is 0 Å². The molecule has 2 aromatic rings. The summed E-state index contributed by atoms with van der Waals surface area (Å²) in [7, 11) is 0. The molecule has 7 atom stereocenters. The highest BCUT2D eigenvalue weighted by Gasteiger charge is 2.53. The van der Waals surface area contributed by atoms with Crippen molar-refractivity contribution in [3.63, 3.8) is 0 Å². The van der Waals surface area contributed by atoms with E-state index in [4.69, 9.17) is 0 Å². The molecule has 3 N–H and O–H groups in total. The van der Waals surface area contributed by atoms with E-state index in [0.717, 1.165) is 31.2 Å². The Kier molecular flexibility index (Phi) is 7.50. The predicted molar refractivity (Wildman–Crippen MR) is 129 cm³/mol. The number of hydrogen-bond donors (Lipinski definition) is 3. The summed E-state index contributed by atoms with van der Waals surface area (Å²) >= 11 is 0. The molecule has 0 spiro atoms. The Hall–Kier alpha value is -2.87. The van der Waals surface area contributed by atoms with E-state index < -0.39 is 6.10 Å². The fourth-order valence-electron chi connectivity index (χ4n) is 6.30. The van der Waals surface area contributed by atoms with E-state index in [2.05, 4.69) is 34.4 Å². The summed E-state index contributed by atoms with van der Waals surface area (Å²) in [5.74, 6) is -1.20. The van der Waals surface area contributed by atoms with Crippen LogP contribution in [0.4, 0.5) is 4.39 Å². The minimum Gasteiger partial charge on any atom is -0.392 e. The van der Waals surface area contributed by atoms with Crippen molar-refractivity contribution in [3.8, 4) is 0 Å². The molecular formula is C27H35FN4O3. The number of nitrogens with one attached hydrogen (secondary N) is 2. The molecule has 0 saturated heterocycles. The molecule has 8 heteroatoms. The van der Waals surface area contributed by atoms with E-state index in [0.29, 0.717) is 6.54 Å².